The number of nitrogens with zero attached hydrogens (tertiary/aromatic N) is 3. The Hall–Kier alpha value is -2.12. The topological polar surface area (TPSA) is 67.8 Å². The number of thiazole rings is 1. The van der Waals surface area contributed by atoms with E-state index in [1.54, 1.807) is 0 Å². The van der Waals surface area contributed by atoms with Crippen LogP contribution in [0.1, 0.15) is 49.7 Å². The zero-order valence-corrected chi connectivity index (χ0v) is 14.8. The van der Waals surface area contributed by atoms with Gasteiger partial charge in [-0.1, -0.05) is 41.7 Å². The summed E-state index contributed by atoms with van der Waals surface area (Å²) in [6, 6.07) is 10.1. The van der Waals surface area contributed by atoms with E-state index in [-0.39, 0.29) is 5.91 Å². The molecule has 1 aliphatic rings. The summed E-state index contributed by atoms with van der Waals surface area (Å²) in [7, 11) is 0. The average Bonchev–Trinajstić information content (AvgIpc) is 3.22. The Bertz CT molecular complexity index is 868. The molecular weight excluding hydrogens is 340 g/mol. The second kappa shape index (κ2) is 6.41. The molecule has 0 saturated heterocycles. The SMILES string of the molecule is Cc1nc(Cc2ccccc2)sc1C(=O)Nc1nnc(C2CC2)s1. The maximum Gasteiger partial charge on any atom is 0.269 e. The van der Waals surface area contributed by atoms with Gasteiger partial charge in [0.05, 0.1) is 10.7 Å². The largest absolute Gasteiger partial charge is 0.296 e. The minimum atomic E-state index is -0.150. The van der Waals surface area contributed by atoms with Crippen LogP contribution in [0, 0.1) is 6.92 Å². The van der Waals surface area contributed by atoms with Crippen LogP contribution in [-0.4, -0.2) is 21.1 Å². The van der Waals surface area contributed by atoms with Crippen LogP contribution in [0.2, 0.25) is 0 Å². The molecule has 1 aromatic carbocycles. The zero-order valence-electron chi connectivity index (χ0n) is 13.2. The molecule has 1 aliphatic carbocycles. The van der Waals surface area contributed by atoms with Gasteiger partial charge in [-0.05, 0) is 25.3 Å². The lowest BCUT2D eigenvalue weighted by Gasteiger charge is -1.98. The third kappa shape index (κ3) is 3.37. The molecule has 2 aromatic heterocycles. The highest BCUT2D eigenvalue weighted by Crippen LogP contribution is 2.42. The van der Waals surface area contributed by atoms with E-state index in [0.717, 1.165) is 22.1 Å². The van der Waals surface area contributed by atoms with E-state index >= 15 is 0 Å². The van der Waals surface area contributed by atoms with Gasteiger partial charge in [0.1, 0.15) is 9.88 Å². The summed E-state index contributed by atoms with van der Waals surface area (Å²) >= 11 is 2.91. The van der Waals surface area contributed by atoms with Crippen LogP contribution in [0.25, 0.3) is 0 Å². The van der Waals surface area contributed by atoms with Gasteiger partial charge in [0.15, 0.2) is 0 Å². The van der Waals surface area contributed by atoms with Crippen LogP contribution in [0.3, 0.4) is 0 Å². The van der Waals surface area contributed by atoms with Crippen LogP contribution in [0.15, 0.2) is 30.3 Å². The molecule has 5 nitrogen and oxygen atoms in total. The second-order valence-electron chi connectivity index (χ2n) is 5.86. The minimum absolute atomic E-state index is 0.150. The van der Waals surface area contributed by atoms with Gasteiger partial charge in [0, 0.05) is 12.3 Å². The van der Waals surface area contributed by atoms with Gasteiger partial charge in [-0.25, -0.2) is 4.98 Å². The molecule has 0 aliphatic heterocycles. The van der Waals surface area contributed by atoms with Crippen molar-refractivity contribution in [3.63, 3.8) is 0 Å². The highest BCUT2D eigenvalue weighted by atomic mass is 32.1. The zero-order chi connectivity index (χ0) is 16.5. The first kappa shape index (κ1) is 15.4. The first-order valence-corrected chi connectivity index (χ1v) is 9.47. The van der Waals surface area contributed by atoms with Crippen molar-refractivity contribution in [2.75, 3.05) is 5.32 Å². The summed E-state index contributed by atoms with van der Waals surface area (Å²) in [6.07, 6.45) is 3.10. The molecule has 7 heteroatoms. The second-order valence-corrected chi connectivity index (χ2v) is 7.95. The van der Waals surface area contributed by atoms with Crippen molar-refractivity contribution < 1.29 is 4.79 Å². The highest BCUT2D eigenvalue weighted by Gasteiger charge is 2.28. The Morgan fingerprint density at radius 2 is 2.00 bits per heavy atom. The normalized spacial score (nSPS) is 13.9. The molecular formula is C17H16N4OS2. The molecule has 0 unspecified atom stereocenters. The van der Waals surface area contributed by atoms with Gasteiger partial charge in [-0.3, -0.25) is 10.1 Å². The van der Waals surface area contributed by atoms with Crippen molar-refractivity contribution in [3.8, 4) is 0 Å². The van der Waals surface area contributed by atoms with Crippen LogP contribution < -0.4 is 5.32 Å². The highest BCUT2D eigenvalue weighted by molar-refractivity contribution is 7.16. The molecule has 0 spiro atoms. The van der Waals surface area contributed by atoms with Gasteiger partial charge < -0.3 is 0 Å². The number of aromatic nitrogens is 3. The van der Waals surface area contributed by atoms with Crippen LogP contribution in [0.4, 0.5) is 5.13 Å². The van der Waals surface area contributed by atoms with Gasteiger partial charge in [-0.2, -0.15) is 0 Å². The van der Waals surface area contributed by atoms with Gasteiger partial charge in [0.25, 0.3) is 5.91 Å². The Balaban J connectivity index is 1.47. The lowest BCUT2D eigenvalue weighted by molar-refractivity contribution is 0.102. The monoisotopic (exact) mass is 356 g/mol. The van der Waals surface area contributed by atoms with Crippen molar-refractivity contribution in [1.82, 2.24) is 15.2 Å². The van der Waals surface area contributed by atoms with E-state index < -0.39 is 0 Å². The van der Waals surface area contributed by atoms with Crippen LogP contribution in [-0.2, 0) is 6.42 Å². The molecule has 1 saturated carbocycles. The molecule has 122 valence electrons. The fraction of sp³-hybridized carbons (Fsp3) is 0.294. The third-order valence-electron chi connectivity index (χ3n) is 3.83. The third-order valence-corrected chi connectivity index (χ3v) is 5.99. The lowest BCUT2D eigenvalue weighted by atomic mass is 10.2. The van der Waals surface area contributed by atoms with Crippen molar-refractivity contribution in [3.05, 3.63) is 56.5 Å². The number of anilines is 1. The van der Waals surface area contributed by atoms with E-state index in [4.69, 9.17) is 0 Å². The predicted octanol–water partition coefficient (Wildman–Crippen LogP) is 4.02. The Labute approximate surface area is 147 Å². The van der Waals surface area contributed by atoms with Crippen LogP contribution >= 0.6 is 22.7 Å². The molecule has 0 bridgehead atoms. The number of carbonyl (C=O) groups excluding carboxylic acids is 1. The van der Waals surface area contributed by atoms with Crippen LogP contribution in [0.5, 0.6) is 0 Å². The summed E-state index contributed by atoms with van der Waals surface area (Å²) in [6.45, 7) is 1.87. The number of rotatable bonds is 5. The molecule has 3 aromatic rings. The molecule has 24 heavy (non-hydrogen) atoms. The Morgan fingerprint density at radius 1 is 1.21 bits per heavy atom. The number of amides is 1. The van der Waals surface area contributed by atoms with E-state index in [9.17, 15) is 4.79 Å². The fourth-order valence-electron chi connectivity index (χ4n) is 2.44. The Kier molecular flexibility index (Phi) is 4.12. The quantitative estimate of drug-likeness (QED) is 0.749. The van der Waals surface area contributed by atoms with Crippen molar-refractivity contribution in [2.24, 2.45) is 0 Å². The molecule has 1 N–H and O–H groups in total. The van der Waals surface area contributed by atoms with E-state index in [0.29, 0.717) is 15.9 Å². The Morgan fingerprint density at radius 3 is 2.75 bits per heavy atom. The standard InChI is InChI=1S/C17H16N4OS2/c1-10-14(23-13(18-10)9-11-5-3-2-4-6-11)15(22)19-17-21-20-16(24-17)12-7-8-12/h2-6,12H,7-9H2,1H3,(H,19,21,22). The summed E-state index contributed by atoms with van der Waals surface area (Å²) in [5.74, 6) is 0.401. The van der Waals surface area contributed by atoms with Gasteiger partial charge >= 0.3 is 0 Å². The number of carbonyl (C=O) groups is 1. The molecule has 2 heterocycles. The molecule has 1 amide bonds. The summed E-state index contributed by atoms with van der Waals surface area (Å²) in [4.78, 5) is 17.7. The fourth-order valence-corrected chi connectivity index (χ4v) is 4.34. The number of nitrogens with one attached hydrogen (secondary N) is 1. The van der Waals surface area contributed by atoms with Crippen molar-refractivity contribution in [1.29, 1.82) is 0 Å². The number of benzene rings is 1. The molecule has 0 radical (unpaired) electrons. The smallest absolute Gasteiger partial charge is 0.269 e. The number of hydrogen-bond acceptors (Lipinski definition) is 6. The summed E-state index contributed by atoms with van der Waals surface area (Å²) in [5.41, 5.74) is 1.95. The van der Waals surface area contributed by atoms with E-state index in [1.165, 1.54) is 41.1 Å². The molecule has 4 rings (SSSR count). The molecule has 1 fully saturated rings. The molecule has 0 atom stereocenters. The summed E-state index contributed by atoms with van der Waals surface area (Å²) < 4.78 is 0. The predicted molar refractivity (Wildman–Crippen MR) is 95.9 cm³/mol. The number of aryl methyl sites for hydroxylation is 1. The number of hydrogen-bond donors (Lipinski definition) is 1. The summed E-state index contributed by atoms with van der Waals surface area (Å²) in [5, 5.41) is 13.6. The average molecular weight is 356 g/mol. The van der Waals surface area contributed by atoms with Crippen molar-refractivity contribution in [2.45, 2.75) is 32.1 Å². The maximum atomic E-state index is 12.5. The van der Waals surface area contributed by atoms with Crippen molar-refractivity contribution >= 4 is 33.7 Å². The first-order valence-electron chi connectivity index (χ1n) is 7.84. The van der Waals surface area contributed by atoms with Gasteiger partial charge in [0.2, 0.25) is 5.13 Å². The van der Waals surface area contributed by atoms with E-state index in [1.807, 2.05) is 25.1 Å². The maximum absolute atomic E-state index is 12.5. The van der Waals surface area contributed by atoms with Gasteiger partial charge in [-0.15, -0.1) is 21.5 Å². The van der Waals surface area contributed by atoms with E-state index in [2.05, 4.69) is 32.6 Å². The minimum Gasteiger partial charge on any atom is -0.296 e. The first-order chi connectivity index (χ1) is 11.7. The lowest BCUT2D eigenvalue weighted by Crippen LogP contribution is -2.11.